The normalized spacial score (nSPS) is 12.1. The molecule has 1 unspecified atom stereocenters. The van der Waals surface area contributed by atoms with E-state index in [1.807, 2.05) is 0 Å². The van der Waals surface area contributed by atoms with Crippen LogP contribution >= 0.6 is 0 Å². The SMILES string of the molecule is CCCCC/C=C\C=C/CCCCCCCCC(=O)OC(COC(=O)CCCCCCCCCCCCCC)COC(=O)CCCCCCCCCCCCCCCCCCC. The quantitative estimate of drug-likeness (QED) is 0.0262. The minimum absolute atomic E-state index is 0.0709. The zero-order chi connectivity index (χ0) is 45.1. The average molecular weight is 873 g/mol. The molecule has 0 aromatic rings. The smallest absolute Gasteiger partial charge is 0.306 e. The van der Waals surface area contributed by atoms with E-state index in [0.717, 1.165) is 64.2 Å². The molecule has 0 amide bonds. The van der Waals surface area contributed by atoms with Gasteiger partial charge >= 0.3 is 17.9 Å². The summed E-state index contributed by atoms with van der Waals surface area (Å²) in [4.78, 5) is 38.0. The summed E-state index contributed by atoms with van der Waals surface area (Å²) in [5, 5.41) is 0. The van der Waals surface area contributed by atoms with Gasteiger partial charge in [-0.1, -0.05) is 257 Å². The van der Waals surface area contributed by atoms with Crippen LogP contribution in [0.2, 0.25) is 0 Å². The molecule has 0 aliphatic rings. The third-order valence-corrected chi connectivity index (χ3v) is 12.2. The van der Waals surface area contributed by atoms with Gasteiger partial charge in [0.2, 0.25) is 0 Å². The average Bonchev–Trinajstić information content (AvgIpc) is 3.27. The molecule has 0 rings (SSSR count). The molecule has 0 heterocycles. The summed E-state index contributed by atoms with van der Waals surface area (Å²) in [7, 11) is 0. The van der Waals surface area contributed by atoms with Crippen molar-refractivity contribution in [1.82, 2.24) is 0 Å². The van der Waals surface area contributed by atoms with Crippen LogP contribution in [0, 0.1) is 0 Å². The van der Waals surface area contributed by atoms with Gasteiger partial charge in [-0.15, -0.1) is 0 Å². The van der Waals surface area contributed by atoms with Gasteiger partial charge < -0.3 is 14.2 Å². The van der Waals surface area contributed by atoms with Gasteiger partial charge in [-0.05, 0) is 44.9 Å². The van der Waals surface area contributed by atoms with Crippen molar-refractivity contribution in [2.75, 3.05) is 13.2 Å². The molecule has 0 radical (unpaired) electrons. The Morgan fingerprint density at radius 2 is 0.565 bits per heavy atom. The topological polar surface area (TPSA) is 78.9 Å². The number of ether oxygens (including phenoxy) is 3. The summed E-state index contributed by atoms with van der Waals surface area (Å²) < 4.78 is 16.8. The lowest BCUT2D eigenvalue weighted by atomic mass is 10.0. The second kappa shape index (κ2) is 51.5. The number of unbranched alkanes of at least 4 members (excludes halogenated alkanes) is 36. The van der Waals surface area contributed by atoms with Gasteiger partial charge in [0.15, 0.2) is 6.10 Å². The molecule has 6 heteroatoms. The Labute approximate surface area is 385 Å². The van der Waals surface area contributed by atoms with E-state index in [2.05, 4.69) is 45.1 Å². The lowest BCUT2D eigenvalue weighted by molar-refractivity contribution is -0.167. The third-order valence-electron chi connectivity index (χ3n) is 12.2. The number of carbonyl (C=O) groups is 3. The van der Waals surface area contributed by atoms with Crippen LogP contribution in [0.4, 0.5) is 0 Å². The first-order valence-corrected chi connectivity index (χ1v) is 27.4. The van der Waals surface area contributed by atoms with Crippen LogP contribution in [0.3, 0.4) is 0 Å². The lowest BCUT2D eigenvalue weighted by Gasteiger charge is -2.18. The van der Waals surface area contributed by atoms with Gasteiger partial charge in [0.05, 0.1) is 0 Å². The van der Waals surface area contributed by atoms with Crippen molar-refractivity contribution >= 4 is 17.9 Å². The molecule has 0 aliphatic carbocycles. The number of rotatable bonds is 50. The molecule has 0 spiro atoms. The first-order chi connectivity index (χ1) is 30.5. The summed E-state index contributed by atoms with van der Waals surface area (Å²) in [5.74, 6) is -0.865. The molecule has 0 saturated heterocycles. The molecular formula is C56H104O6. The zero-order valence-corrected chi connectivity index (χ0v) is 41.7. The van der Waals surface area contributed by atoms with Crippen molar-refractivity contribution < 1.29 is 28.6 Å². The highest BCUT2D eigenvalue weighted by Gasteiger charge is 2.19. The summed E-state index contributed by atoms with van der Waals surface area (Å²) in [5.41, 5.74) is 0. The zero-order valence-electron chi connectivity index (χ0n) is 41.7. The van der Waals surface area contributed by atoms with E-state index >= 15 is 0 Å². The molecule has 0 fully saturated rings. The molecule has 0 aliphatic heterocycles. The van der Waals surface area contributed by atoms with E-state index in [9.17, 15) is 14.4 Å². The lowest BCUT2D eigenvalue weighted by Crippen LogP contribution is -2.30. The Bertz CT molecular complexity index is 1000. The molecule has 1 atom stereocenters. The fourth-order valence-electron chi connectivity index (χ4n) is 8.08. The maximum absolute atomic E-state index is 12.8. The van der Waals surface area contributed by atoms with E-state index in [-0.39, 0.29) is 31.1 Å². The van der Waals surface area contributed by atoms with Crippen molar-refractivity contribution in [1.29, 1.82) is 0 Å². The fourth-order valence-corrected chi connectivity index (χ4v) is 8.08. The van der Waals surface area contributed by atoms with Crippen molar-refractivity contribution in [3.05, 3.63) is 24.3 Å². The van der Waals surface area contributed by atoms with Crippen LogP contribution in [0.1, 0.15) is 297 Å². The molecule has 0 aromatic carbocycles. The van der Waals surface area contributed by atoms with E-state index in [0.29, 0.717) is 19.3 Å². The first kappa shape index (κ1) is 59.9. The standard InChI is InChI=1S/C56H104O6/c1-4-7-10-13-16-19-22-25-27-28-30-31-34-37-40-43-46-49-55(58)61-52-53(51-60-54(57)48-45-42-39-36-33-24-21-18-15-12-9-6-3)62-56(59)50-47-44-41-38-35-32-29-26-23-20-17-14-11-8-5-2/h17,20,23,26,53H,4-16,18-19,21-22,24-25,27-52H2,1-3H3/b20-17-,26-23-. The highest BCUT2D eigenvalue weighted by Crippen LogP contribution is 2.16. The molecule has 0 N–H and O–H groups in total. The molecule has 0 aromatic heterocycles. The van der Waals surface area contributed by atoms with Gasteiger partial charge in [-0.3, -0.25) is 14.4 Å². The molecule has 0 saturated carbocycles. The van der Waals surface area contributed by atoms with Crippen LogP contribution in [0.5, 0.6) is 0 Å². The number of hydrogen-bond donors (Lipinski definition) is 0. The number of carbonyl (C=O) groups excluding carboxylic acids is 3. The maximum Gasteiger partial charge on any atom is 0.306 e. The Balaban J connectivity index is 4.33. The fraction of sp³-hybridized carbons (Fsp3) is 0.875. The summed E-state index contributed by atoms with van der Waals surface area (Å²) >= 11 is 0. The van der Waals surface area contributed by atoms with E-state index in [4.69, 9.17) is 14.2 Å². The summed E-state index contributed by atoms with van der Waals surface area (Å²) in [6, 6.07) is 0. The van der Waals surface area contributed by atoms with Crippen LogP contribution in [-0.2, 0) is 28.6 Å². The van der Waals surface area contributed by atoms with Crippen molar-refractivity contribution in [3.8, 4) is 0 Å². The van der Waals surface area contributed by atoms with Crippen molar-refractivity contribution in [3.63, 3.8) is 0 Å². The molecular weight excluding hydrogens is 769 g/mol. The van der Waals surface area contributed by atoms with Gasteiger partial charge in [-0.2, -0.15) is 0 Å². The number of hydrogen-bond acceptors (Lipinski definition) is 6. The molecule has 0 bridgehead atoms. The highest BCUT2D eigenvalue weighted by atomic mass is 16.6. The minimum atomic E-state index is -0.771. The second-order valence-electron chi connectivity index (χ2n) is 18.5. The highest BCUT2D eigenvalue weighted by molar-refractivity contribution is 5.71. The monoisotopic (exact) mass is 873 g/mol. The Morgan fingerprint density at radius 3 is 0.887 bits per heavy atom. The predicted octanol–water partition coefficient (Wildman–Crippen LogP) is 17.9. The van der Waals surface area contributed by atoms with Crippen LogP contribution < -0.4 is 0 Å². The predicted molar refractivity (Wildman–Crippen MR) is 266 cm³/mol. The van der Waals surface area contributed by atoms with Gasteiger partial charge in [0.1, 0.15) is 13.2 Å². The Hall–Kier alpha value is -2.11. The minimum Gasteiger partial charge on any atom is -0.462 e. The molecule has 62 heavy (non-hydrogen) atoms. The van der Waals surface area contributed by atoms with Crippen molar-refractivity contribution in [2.24, 2.45) is 0 Å². The molecule has 6 nitrogen and oxygen atoms in total. The Kier molecular flexibility index (Phi) is 49.8. The van der Waals surface area contributed by atoms with Crippen LogP contribution in [0.25, 0.3) is 0 Å². The van der Waals surface area contributed by atoms with E-state index in [1.54, 1.807) is 0 Å². The van der Waals surface area contributed by atoms with Gasteiger partial charge in [0.25, 0.3) is 0 Å². The van der Waals surface area contributed by atoms with E-state index < -0.39 is 6.10 Å². The van der Waals surface area contributed by atoms with Crippen molar-refractivity contribution in [2.45, 2.75) is 303 Å². The third kappa shape index (κ3) is 48.9. The van der Waals surface area contributed by atoms with Gasteiger partial charge in [0, 0.05) is 19.3 Å². The van der Waals surface area contributed by atoms with Crippen LogP contribution in [-0.4, -0.2) is 37.2 Å². The summed E-state index contributed by atoms with van der Waals surface area (Å²) in [6.07, 6.45) is 58.7. The summed E-state index contributed by atoms with van der Waals surface area (Å²) in [6.45, 7) is 6.64. The second-order valence-corrected chi connectivity index (χ2v) is 18.5. The Morgan fingerprint density at radius 1 is 0.323 bits per heavy atom. The molecule has 364 valence electrons. The van der Waals surface area contributed by atoms with Gasteiger partial charge in [-0.25, -0.2) is 0 Å². The maximum atomic E-state index is 12.8. The number of esters is 3. The largest absolute Gasteiger partial charge is 0.462 e. The number of allylic oxidation sites excluding steroid dienone is 4. The van der Waals surface area contributed by atoms with Crippen LogP contribution in [0.15, 0.2) is 24.3 Å². The first-order valence-electron chi connectivity index (χ1n) is 27.4. The van der Waals surface area contributed by atoms with E-state index in [1.165, 1.54) is 193 Å².